The first-order valence-corrected chi connectivity index (χ1v) is 7.02. The highest BCUT2D eigenvalue weighted by Gasteiger charge is 2.16. The molecule has 0 aliphatic carbocycles. The first-order chi connectivity index (χ1) is 8.30. The highest BCUT2D eigenvalue weighted by Crippen LogP contribution is 2.05. The second-order valence-electron chi connectivity index (χ2n) is 3.55. The molecule has 1 rings (SSSR count). The third kappa shape index (κ3) is 8.46. The summed E-state index contributed by atoms with van der Waals surface area (Å²) in [6.07, 6.45) is 4.36. The number of methoxy groups -OCH3 is 1. The Balaban J connectivity index is 0.000000411. The van der Waals surface area contributed by atoms with Gasteiger partial charge in [0.15, 0.2) is 0 Å². The Morgan fingerprint density at radius 1 is 1.33 bits per heavy atom. The molecule has 0 unspecified atom stereocenters. The van der Waals surface area contributed by atoms with Gasteiger partial charge in [-0.05, 0) is 18.5 Å². The summed E-state index contributed by atoms with van der Waals surface area (Å²) in [4.78, 5) is 0. The molecule has 0 saturated carbocycles. The second-order valence-corrected chi connectivity index (χ2v) is 5.09. The quantitative estimate of drug-likeness (QED) is 0.337. The van der Waals surface area contributed by atoms with Crippen LogP contribution < -0.4 is 0 Å². The number of hydrogen-bond donors (Lipinski definition) is 0. The van der Waals surface area contributed by atoms with Crippen LogP contribution in [0.4, 0.5) is 0 Å². The molecule has 0 amide bonds. The van der Waals surface area contributed by atoms with E-state index in [0.717, 1.165) is 31.1 Å². The van der Waals surface area contributed by atoms with Gasteiger partial charge in [0, 0.05) is 12.8 Å². The number of allylic oxidation sites excluding steroid dienone is 2. The minimum Gasteiger partial charge on any atom is -0.726 e. The van der Waals surface area contributed by atoms with Crippen LogP contribution in [0.1, 0.15) is 19.8 Å². The molecule has 0 aromatic heterocycles. The van der Waals surface area contributed by atoms with Crippen molar-refractivity contribution in [3.8, 4) is 0 Å². The number of hydrogen-bond acceptors (Lipinski definition) is 5. The molecule has 0 N–H and O–H groups in total. The fourth-order valence-corrected chi connectivity index (χ4v) is 1.57. The molecule has 0 radical (unpaired) electrons. The Morgan fingerprint density at radius 3 is 2.11 bits per heavy atom. The number of rotatable bonds is 3. The Morgan fingerprint density at radius 2 is 1.78 bits per heavy atom. The lowest BCUT2D eigenvalue weighted by molar-refractivity contribution is -0.503. The lowest BCUT2D eigenvalue weighted by atomic mass is 10.4. The largest absolute Gasteiger partial charge is 0.726 e. The minimum atomic E-state index is -4.41. The van der Waals surface area contributed by atoms with Crippen LogP contribution in [0, 0.1) is 0 Å². The maximum absolute atomic E-state index is 9.22. The predicted octanol–water partition coefficient (Wildman–Crippen LogP) is 1.07. The van der Waals surface area contributed by atoms with Crippen molar-refractivity contribution in [2.75, 3.05) is 27.3 Å². The molecule has 0 bridgehead atoms. The van der Waals surface area contributed by atoms with Gasteiger partial charge in [0.05, 0.1) is 20.3 Å². The summed E-state index contributed by atoms with van der Waals surface area (Å²) in [5.74, 6) is 0.854. The molecule has 1 aliphatic heterocycles. The molecular weight excluding hydrogens is 282 g/mol. The fraction of sp³-hybridized carbons (Fsp3) is 0.700. The first kappa shape index (κ1) is 17.4. The summed E-state index contributed by atoms with van der Waals surface area (Å²) in [7, 11) is -1.95. The monoisotopic (exact) mass is 299 g/mol. The zero-order valence-corrected chi connectivity index (χ0v) is 12.3. The van der Waals surface area contributed by atoms with E-state index in [1.165, 1.54) is 12.8 Å². The third-order valence-corrected chi connectivity index (χ3v) is 3.01. The van der Waals surface area contributed by atoms with Gasteiger partial charge in [-0.25, -0.2) is 13.0 Å². The fourth-order valence-electron chi connectivity index (χ4n) is 1.25. The lowest BCUT2D eigenvalue weighted by Crippen LogP contribution is -2.12. The van der Waals surface area contributed by atoms with Crippen molar-refractivity contribution < 1.29 is 26.5 Å². The van der Waals surface area contributed by atoms with Gasteiger partial charge in [-0.15, -0.1) is 0 Å². The van der Waals surface area contributed by atoms with E-state index in [1.807, 2.05) is 13.0 Å². The van der Waals surface area contributed by atoms with Crippen LogP contribution >= 0.6 is 11.6 Å². The van der Waals surface area contributed by atoms with Crippen molar-refractivity contribution in [3.63, 3.8) is 0 Å². The molecule has 0 atom stereocenters. The summed E-state index contributed by atoms with van der Waals surface area (Å²) >= 11 is 6.05. The summed E-state index contributed by atoms with van der Waals surface area (Å²) in [6.45, 7) is 4.05. The molecule has 0 aromatic carbocycles. The molecule has 18 heavy (non-hydrogen) atoms. The van der Waals surface area contributed by atoms with Gasteiger partial charge in [0.2, 0.25) is 10.4 Å². The number of ether oxygens (including phenoxy) is 1. The van der Waals surface area contributed by atoms with E-state index in [-0.39, 0.29) is 0 Å². The van der Waals surface area contributed by atoms with Gasteiger partial charge in [-0.1, -0.05) is 0 Å². The second kappa shape index (κ2) is 8.47. The van der Waals surface area contributed by atoms with Crippen LogP contribution in [0.2, 0.25) is 0 Å². The molecular formula is C10H18ClNO5S. The molecule has 6 nitrogen and oxygen atoms in total. The molecule has 1 fully saturated rings. The van der Waals surface area contributed by atoms with Crippen LogP contribution in [0.3, 0.4) is 0 Å². The van der Waals surface area contributed by atoms with Crippen molar-refractivity contribution in [1.82, 2.24) is 0 Å². The molecule has 1 saturated heterocycles. The van der Waals surface area contributed by atoms with E-state index in [0.29, 0.717) is 0 Å². The van der Waals surface area contributed by atoms with Gasteiger partial charge in [-0.3, -0.25) is 4.18 Å². The van der Waals surface area contributed by atoms with E-state index < -0.39 is 10.4 Å². The number of halogens is 1. The van der Waals surface area contributed by atoms with Crippen molar-refractivity contribution in [2.24, 2.45) is 0 Å². The summed E-state index contributed by atoms with van der Waals surface area (Å²) < 4.78 is 38.2. The predicted molar refractivity (Wildman–Crippen MR) is 67.6 cm³/mol. The van der Waals surface area contributed by atoms with Crippen molar-refractivity contribution >= 4 is 27.2 Å². The Hall–Kier alpha value is -0.630. The maximum Gasteiger partial charge on any atom is 0.272 e. The van der Waals surface area contributed by atoms with Gasteiger partial charge in [-0.2, -0.15) is 0 Å². The van der Waals surface area contributed by atoms with E-state index in [1.54, 1.807) is 7.11 Å². The summed E-state index contributed by atoms with van der Waals surface area (Å²) in [6, 6.07) is 0. The molecule has 106 valence electrons. The molecule has 1 aliphatic rings. The van der Waals surface area contributed by atoms with Gasteiger partial charge >= 0.3 is 0 Å². The zero-order valence-electron chi connectivity index (χ0n) is 10.7. The Bertz CT molecular complexity index is 408. The van der Waals surface area contributed by atoms with Gasteiger partial charge < -0.3 is 9.29 Å². The van der Waals surface area contributed by atoms with Crippen molar-refractivity contribution in [3.05, 3.63) is 11.8 Å². The highest BCUT2D eigenvalue weighted by molar-refractivity contribution is 7.80. The van der Waals surface area contributed by atoms with Crippen molar-refractivity contribution in [2.45, 2.75) is 19.8 Å². The Kier molecular flexibility index (Phi) is 8.17. The minimum absolute atomic E-state index is 0.798. The van der Waals surface area contributed by atoms with Crippen LogP contribution in [0.15, 0.2) is 11.8 Å². The molecule has 8 heteroatoms. The number of nitrogens with zero attached hydrogens (tertiary/aromatic N) is 1. The van der Waals surface area contributed by atoms with E-state index in [9.17, 15) is 13.0 Å². The summed E-state index contributed by atoms with van der Waals surface area (Å²) in [5, 5.41) is 0.798. The lowest BCUT2D eigenvalue weighted by Gasteiger charge is -1.98. The summed E-state index contributed by atoms with van der Waals surface area (Å²) in [5.41, 5.74) is 0. The smallest absolute Gasteiger partial charge is 0.272 e. The normalized spacial score (nSPS) is 16.1. The standard InChI is InChI=1S/C9H15ClNO.CH4O4S/c1-8(12-2)7-9(10)11-5-3-4-6-11;1-5-6(2,3)4/h7H,3-6H2,1-2H3;1H3,(H,2,3,4)/q+1;/p-1/b8-7-;. The Labute approximate surface area is 113 Å². The molecule has 1 heterocycles. The molecule has 0 spiro atoms. The zero-order chi connectivity index (χ0) is 14.2. The van der Waals surface area contributed by atoms with Gasteiger partial charge in [0.1, 0.15) is 18.8 Å². The third-order valence-electron chi connectivity index (χ3n) is 2.26. The van der Waals surface area contributed by atoms with Gasteiger partial charge in [0.25, 0.3) is 5.17 Å². The van der Waals surface area contributed by atoms with Crippen molar-refractivity contribution in [1.29, 1.82) is 0 Å². The molecule has 0 aromatic rings. The van der Waals surface area contributed by atoms with Crippen LogP contribution in [-0.4, -0.2) is 50.0 Å². The average molecular weight is 300 g/mol. The topological polar surface area (TPSA) is 78.7 Å². The first-order valence-electron chi connectivity index (χ1n) is 5.31. The SMILES string of the molecule is CO/C(C)=C\C(Cl)=[N+]1CCCC1.COS(=O)(=O)[O-]. The van der Waals surface area contributed by atoms with E-state index in [2.05, 4.69) is 8.76 Å². The maximum atomic E-state index is 9.22. The van der Waals surface area contributed by atoms with Crippen LogP contribution in [0.25, 0.3) is 0 Å². The van der Waals surface area contributed by atoms with Crippen LogP contribution in [-0.2, 0) is 19.3 Å². The average Bonchev–Trinajstić information content (AvgIpc) is 2.82. The van der Waals surface area contributed by atoms with Crippen LogP contribution in [0.5, 0.6) is 0 Å². The van der Waals surface area contributed by atoms with E-state index >= 15 is 0 Å². The van der Waals surface area contributed by atoms with E-state index in [4.69, 9.17) is 16.3 Å². The highest BCUT2D eigenvalue weighted by atomic mass is 35.5.